The first-order valence-corrected chi connectivity index (χ1v) is 6.88. The maximum atomic E-state index is 12.3. The van der Waals surface area contributed by atoms with Gasteiger partial charge in [0.2, 0.25) is 5.09 Å². The van der Waals surface area contributed by atoms with Gasteiger partial charge in [0.15, 0.2) is 0 Å². The Morgan fingerprint density at radius 2 is 2.29 bits per heavy atom. The Kier molecular flexibility index (Phi) is 3.53. The summed E-state index contributed by atoms with van der Waals surface area (Å²) in [7, 11) is -3.57. The fraction of sp³-hybridized carbons (Fsp3) is 0.600. The first kappa shape index (κ1) is 12.6. The molecule has 7 heteroatoms. The predicted octanol–water partition coefficient (Wildman–Crippen LogP) is 0.148. The van der Waals surface area contributed by atoms with Gasteiger partial charge in [0.05, 0.1) is 19.8 Å². The van der Waals surface area contributed by atoms with Crippen LogP contribution < -0.4 is 5.73 Å². The summed E-state index contributed by atoms with van der Waals surface area (Å²) in [6.07, 6.45) is 0. The second-order valence-electron chi connectivity index (χ2n) is 3.96. The van der Waals surface area contributed by atoms with Crippen LogP contribution in [0.1, 0.15) is 12.7 Å². The summed E-state index contributed by atoms with van der Waals surface area (Å²) in [5.74, 6) is 0.462. The Bertz CT molecular complexity index is 482. The first-order valence-electron chi connectivity index (χ1n) is 5.44. The van der Waals surface area contributed by atoms with Gasteiger partial charge in [0.25, 0.3) is 10.0 Å². The van der Waals surface area contributed by atoms with E-state index in [0.717, 1.165) is 0 Å². The second-order valence-corrected chi connectivity index (χ2v) is 5.79. The van der Waals surface area contributed by atoms with Crippen LogP contribution in [0.3, 0.4) is 0 Å². The first-order chi connectivity index (χ1) is 8.05. The molecule has 17 heavy (non-hydrogen) atoms. The molecule has 1 atom stereocenters. The maximum Gasteiger partial charge on any atom is 0.276 e. The zero-order chi connectivity index (χ0) is 12.5. The molecule has 1 aliphatic heterocycles. The SMILES string of the molecule is CC1COCCN1S(=O)(=O)c1ccc(CN)o1. The quantitative estimate of drug-likeness (QED) is 0.836. The van der Waals surface area contributed by atoms with Crippen molar-refractivity contribution in [3.8, 4) is 0 Å². The van der Waals surface area contributed by atoms with Crippen molar-refractivity contribution in [2.75, 3.05) is 19.8 Å². The predicted molar refractivity (Wildman–Crippen MR) is 60.8 cm³/mol. The van der Waals surface area contributed by atoms with Gasteiger partial charge in [-0.1, -0.05) is 0 Å². The number of rotatable bonds is 3. The lowest BCUT2D eigenvalue weighted by Crippen LogP contribution is -2.46. The highest BCUT2D eigenvalue weighted by molar-refractivity contribution is 7.89. The Morgan fingerprint density at radius 3 is 2.88 bits per heavy atom. The average Bonchev–Trinajstić information content (AvgIpc) is 2.78. The van der Waals surface area contributed by atoms with E-state index in [-0.39, 0.29) is 17.7 Å². The molecule has 2 rings (SSSR count). The monoisotopic (exact) mass is 260 g/mol. The Morgan fingerprint density at radius 1 is 1.53 bits per heavy atom. The molecule has 1 aromatic heterocycles. The van der Waals surface area contributed by atoms with Gasteiger partial charge in [-0.15, -0.1) is 0 Å². The van der Waals surface area contributed by atoms with Gasteiger partial charge in [0, 0.05) is 12.6 Å². The molecule has 1 aliphatic rings. The van der Waals surface area contributed by atoms with Gasteiger partial charge in [-0.3, -0.25) is 0 Å². The summed E-state index contributed by atoms with van der Waals surface area (Å²) in [6, 6.07) is 2.85. The van der Waals surface area contributed by atoms with Crippen molar-refractivity contribution in [1.82, 2.24) is 4.31 Å². The fourth-order valence-corrected chi connectivity index (χ4v) is 3.32. The van der Waals surface area contributed by atoms with Crippen molar-refractivity contribution in [3.05, 3.63) is 17.9 Å². The molecule has 1 aromatic rings. The van der Waals surface area contributed by atoms with Crippen molar-refractivity contribution < 1.29 is 17.6 Å². The molecule has 6 nitrogen and oxygen atoms in total. The Labute approximate surface area is 100 Å². The van der Waals surface area contributed by atoms with Crippen LogP contribution in [0, 0.1) is 0 Å². The molecule has 1 saturated heterocycles. The van der Waals surface area contributed by atoms with Gasteiger partial charge in [0.1, 0.15) is 5.76 Å². The average molecular weight is 260 g/mol. The van der Waals surface area contributed by atoms with Crippen molar-refractivity contribution in [2.24, 2.45) is 5.73 Å². The molecule has 0 radical (unpaired) electrons. The van der Waals surface area contributed by atoms with Crippen LogP contribution in [0.15, 0.2) is 21.6 Å². The molecule has 0 aliphatic carbocycles. The van der Waals surface area contributed by atoms with Crippen LogP contribution in [0.4, 0.5) is 0 Å². The van der Waals surface area contributed by atoms with E-state index in [1.807, 2.05) is 6.92 Å². The van der Waals surface area contributed by atoms with E-state index in [1.165, 1.54) is 10.4 Å². The summed E-state index contributed by atoms with van der Waals surface area (Å²) < 4.78 is 36.3. The van der Waals surface area contributed by atoms with E-state index in [2.05, 4.69) is 0 Å². The van der Waals surface area contributed by atoms with Crippen LogP contribution in [0.5, 0.6) is 0 Å². The van der Waals surface area contributed by atoms with E-state index in [0.29, 0.717) is 25.5 Å². The molecular formula is C10H16N2O4S. The summed E-state index contributed by atoms with van der Waals surface area (Å²) in [6.45, 7) is 3.16. The molecule has 96 valence electrons. The zero-order valence-corrected chi connectivity index (χ0v) is 10.4. The zero-order valence-electron chi connectivity index (χ0n) is 9.63. The van der Waals surface area contributed by atoms with Gasteiger partial charge in [-0.2, -0.15) is 4.31 Å². The van der Waals surface area contributed by atoms with Crippen LogP contribution >= 0.6 is 0 Å². The Hall–Kier alpha value is -0.890. The van der Waals surface area contributed by atoms with Crippen LogP contribution in [-0.4, -0.2) is 38.5 Å². The number of furan rings is 1. The molecule has 1 unspecified atom stereocenters. The van der Waals surface area contributed by atoms with E-state index < -0.39 is 10.0 Å². The molecule has 2 heterocycles. The molecule has 1 fully saturated rings. The summed E-state index contributed by atoms with van der Waals surface area (Å²) in [5, 5.41) is -0.0494. The highest BCUT2D eigenvalue weighted by Crippen LogP contribution is 2.22. The van der Waals surface area contributed by atoms with Crippen molar-refractivity contribution >= 4 is 10.0 Å². The highest BCUT2D eigenvalue weighted by Gasteiger charge is 2.33. The molecule has 0 bridgehead atoms. The van der Waals surface area contributed by atoms with E-state index >= 15 is 0 Å². The number of hydrogen-bond acceptors (Lipinski definition) is 5. The van der Waals surface area contributed by atoms with Crippen LogP contribution in [-0.2, 0) is 21.3 Å². The lowest BCUT2D eigenvalue weighted by molar-refractivity contribution is 0.0386. The van der Waals surface area contributed by atoms with Crippen molar-refractivity contribution in [2.45, 2.75) is 24.6 Å². The van der Waals surface area contributed by atoms with E-state index in [9.17, 15) is 8.42 Å². The minimum absolute atomic E-state index is 0.0494. The van der Waals surface area contributed by atoms with Crippen molar-refractivity contribution in [3.63, 3.8) is 0 Å². The number of hydrogen-bond donors (Lipinski definition) is 1. The third kappa shape index (κ3) is 2.37. The molecule has 0 spiro atoms. The van der Waals surface area contributed by atoms with E-state index in [4.69, 9.17) is 14.9 Å². The highest BCUT2D eigenvalue weighted by atomic mass is 32.2. The summed E-state index contributed by atoms with van der Waals surface area (Å²) in [5.41, 5.74) is 5.39. The van der Waals surface area contributed by atoms with Crippen LogP contribution in [0.25, 0.3) is 0 Å². The van der Waals surface area contributed by atoms with Crippen molar-refractivity contribution in [1.29, 1.82) is 0 Å². The number of morpholine rings is 1. The number of ether oxygens (including phenoxy) is 1. The summed E-state index contributed by atoms with van der Waals surface area (Å²) >= 11 is 0. The second kappa shape index (κ2) is 4.77. The molecule has 2 N–H and O–H groups in total. The molecule has 0 aromatic carbocycles. The lowest BCUT2D eigenvalue weighted by atomic mass is 10.3. The normalized spacial score (nSPS) is 22.8. The third-order valence-corrected chi connectivity index (χ3v) is 4.60. The van der Waals surface area contributed by atoms with Crippen LogP contribution in [0.2, 0.25) is 0 Å². The minimum atomic E-state index is -3.57. The van der Waals surface area contributed by atoms with E-state index in [1.54, 1.807) is 6.07 Å². The largest absolute Gasteiger partial charge is 0.447 e. The Balaban J connectivity index is 2.28. The number of nitrogens with two attached hydrogens (primary N) is 1. The van der Waals surface area contributed by atoms with Gasteiger partial charge < -0.3 is 14.9 Å². The summed E-state index contributed by atoms with van der Waals surface area (Å²) in [4.78, 5) is 0. The number of nitrogens with zero attached hydrogens (tertiary/aromatic N) is 1. The smallest absolute Gasteiger partial charge is 0.276 e. The fourth-order valence-electron chi connectivity index (χ4n) is 1.79. The topological polar surface area (TPSA) is 85.8 Å². The molecule has 0 amide bonds. The third-order valence-electron chi connectivity index (χ3n) is 2.71. The van der Waals surface area contributed by atoms with Gasteiger partial charge >= 0.3 is 0 Å². The van der Waals surface area contributed by atoms with Gasteiger partial charge in [-0.05, 0) is 19.1 Å². The van der Waals surface area contributed by atoms with Gasteiger partial charge in [-0.25, -0.2) is 8.42 Å². The maximum absolute atomic E-state index is 12.3. The standard InChI is InChI=1S/C10H16N2O4S/c1-8-7-15-5-4-12(8)17(13,14)10-3-2-9(6-11)16-10/h2-3,8H,4-7,11H2,1H3. The molecule has 0 saturated carbocycles. The minimum Gasteiger partial charge on any atom is -0.447 e. The number of sulfonamides is 1. The lowest BCUT2D eigenvalue weighted by Gasteiger charge is -2.31. The molecular weight excluding hydrogens is 244 g/mol.